The second kappa shape index (κ2) is 7.38. The van der Waals surface area contributed by atoms with Crippen LogP contribution in [0.1, 0.15) is 16.9 Å². The lowest BCUT2D eigenvalue weighted by Gasteiger charge is -2.02. The van der Waals surface area contributed by atoms with Gasteiger partial charge in [-0.2, -0.15) is 0 Å². The fraction of sp³-hybridized carbons (Fsp3) is 0.286. The minimum absolute atomic E-state index is 0.134. The molecule has 2 rings (SSSR count). The zero-order valence-corrected chi connectivity index (χ0v) is 12.7. The van der Waals surface area contributed by atoms with Crippen molar-refractivity contribution in [2.45, 2.75) is 6.42 Å². The molecule has 0 atom stereocenters. The molecule has 2 aromatic rings. The zero-order chi connectivity index (χ0) is 14.4. The van der Waals surface area contributed by atoms with Gasteiger partial charge in [0.1, 0.15) is 10.7 Å². The maximum absolute atomic E-state index is 11.9. The quantitative estimate of drug-likeness (QED) is 0.807. The third-order valence-electron chi connectivity index (χ3n) is 2.70. The summed E-state index contributed by atoms with van der Waals surface area (Å²) in [5.74, 6) is -0.134. The van der Waals surface area contributed by atoms with Crippen molar-refractivity contribution in [1.29, 1.82) is 0 Å². The first-order chi connectivity index (χ1) is 9.70. The van der Waals surface area contributed by atoms with Gasteiger partial charge in [0.15, 0.2) is 0 Å². The number of aromatic nitrogens is 1. The molecule has 0 bridgehead atoms. The van der Waals surface area contributed by atoms with Crippen LogP contribution in [0.4, 0.5) is 0 Å². The van der Waals surface area contributed by atoms with Gasteiger partial charge in [-0.3, -0.25) is 4.79 Å². The number of rotatable bonds is 6. The first-order valence-electron chi connectivity index (χ1n) is 6.35. The average Bonchev–Trinajstić information content (AvgIpc) is 2.93. The number of thiazole rings is 1. The Morgan fingerprint density at radius 3 is 3.00 bits per heavy atom. The molecule has 0 aliphatic carbocycles. The van der Waals surface area contributed by atoms with Crippen molar-refractivity contribution in [2.75, 3.05) is 20.1 Å². The Morgan fingerprint density at radius 2 is 2.25 bits per heavy atom. The molecule has 6 heteroatoms. The molecule has 0 radical (unpaired) electrons. The summed E-state index contributed by atoms with van der Waals surface area (Å²) in [6.45, 7) is 1.52. The lowest BCUT2D eigenvalue weighted by Crippen LogP contribution is -2.26. The summed E-state index contributed by atoms with van der Waals surface area (Å²) in [5.41, 5.74) is 1.38. The molecular weight excluding hydrogens is 294 g/mol. The summed E-state index contributed by atoms with van der Waals surface area (Å²) in [5, 5.41) is 9.11. The van der Waals surface area contributed by atoms with Crippen LogP contribution in [-0.2, 0) is 0 Å². The van der Waals surface area contributed by atoms with Gasteiger partial charge in [0, 0.05) is 22.5 Å². The molecule has 0 fully saturated rings. The Kier molecular flexibility index (Phi) is 5.52. The summed E-state index contributed by atoms with van der Waals surface area (Å²) in [6.07, 6.45) is 0.896. The van der Waals surface area contributed by atoms with Gasteiger partial charge in [-0.25, -0.2) is 4.98 Å². The Balaban J connectivity index is 2.00. The predicted octanol–water partition coefficient (Wildman–Crippen LogP) is 2.80. The molecule has 1 amide bonds. The topological polar surface area (TPSA) is 54.0 Å². The van der Waals surface area contributed by atoms with E-state index in [0.717, 1.165) is 23.5 Å². The minimum Gasteiger partial charge on any atom is -0.351 e. The number of halogens is 1. The van der Waals surface area contributed by atoms with E-state index < -0.39 is 0 Å². The van der Waals surface area contributed by atoms with Crippen molar-refractivity contribution < 1.29 is 4.79 Å². The van der Waals surface area contributed by atoms with Gasteiger partial charge < -0.3 is 10.6 Å². The van der Waals surface area contributed by atoms with Crippen molar-refractivity contribution in [3.63, 3.8) is 0 Å². The van der Waals surface area contributed by atoms with Crippen LogP contribution in [0.3, 0.4) is 0 Å². The van der Waals surface area contributed by atoms with Crippen LogP contribution < -0.4 is 10.6 Å². The summed E-state index contributed by atoms with van der Waals surface area (Å²) in [7, 11) is 1.89. The number of benzene rings is 1. The van der Waals surface area contributed by atoms with Crippen LogP contribution >= 0.6 is 22.9 Å². The molecule has 0 aliphatic rings. The van der Waals surface area contributed by atoms with Gasteiger partial charge in [0.25, 0.3) is 5.91 Å². The minimum atomic E-state index is -0.134. The number of hydrogen-bond donors (Lipinski definition) is 2. The zero-order valence-electron chi connectivity index (χ0n) is 11.1. The molecule has 1 heterocycles. The van der Waals surface area contributed by atoms with Crippen molar-refractivity contribution in [3.05, 3.63) is 40.4 Å². The highest BCUT2D eigenvalue weighted by Crippen LogP contribution is 2.25. The van der Waals surface area contributed by atoms with Crippen molar-refractivity contribution >= 4 is 28.8 Å². The van der Waals surface area contributed by atoms with Crippen molar-refractivity contribution in [2.24, 2.45) is 0 Å². The van der Waals surface area contributed by atoms with Gasteiger partial charge >= 0.3 is 0 Å². The number of hydrogen-bond acceptors (Lipinski definition) is 4. The second-order valence-corrected chi connectivity index (χ2v) is 5.56. The predicted molar refractivity (Wildman–Crippen MR) is 83.4 cm³/mol. The molecule has 20 heavy (non-hydrogen) atoms. The van der Waals surface area contributed by atoms with Gasteiger partial charge in [-0.1, -0.05) is 23.7 Å². The third-order valence-corrected chi connectivity index (χ3v) is 3.82. The van der Waals surface area contributed by atoms with Crippen LogP contribution in [-0.4, -0.2) is 31.0 Å². The number of amides is 1. The van der Waals surface area contributed by atoms with Crippen LogP contribution in [0.2, 0.25) is 5.02 Å². The lowest BCUT2D eigenvalue weighted by atomic mass is 10.2. The molecule has 1 aromatic carbocycles. The Hall–Kier alpha value is -1.43. The fourth-order valence-corrected chi connectivity index (χ4v) is 2.68. The highest BCUT2D eigenvalue weighted by Gasteiger charge is 2.11. The fourth-order valence-electron chi connectivity index (χ4n) is 1.69. The van der Waals surface area contributed by atoms with Gasteiger partial charge in [-0.05, 0) is 32.1 Å². The smallest absolute Gasteiger partial charge is 0.270 e. The Labute approximate surface area is 127 Å². The van der Waals surface area contributed by atoms with Crippen LogP contribution in [0.5, 0.6) is 0 Å². The van der Waals surface area contributed by atoms with E-state index in [9.17, 15) is 4.79 Å². The lowest BCUT2D eigenvalue weighted by molar-refractivity contribution is 0.0949. The summed E-state index contributed by atoms with van der Waals surface area (Å²) >= 11 is 7.39. The standard InChI is InChI=1S/C14H16ClN3OS/c1-16-6-3-7-17-13(19)12-9-20-14(18-12)10-4-2-5-11(15)8-10/h2,4-5,8-9,16H,3,6-7H2,1H3,(H,17,19). The Bertz CT molecular complexity index is 585. The number of nitrogens with zero attached hydrogens (tertiary/aromatic N) is 1. The number of carbonyl (C=O) groups is 1. The largest absolute Gasteiger partial charge is 0.351 e. The van der Waals surface area contributed by atoms with E-state index in [2.05, 4.69) is 15.6 Å². The molecule has 0 unspecified atom stereocenters. The molecule has 0 saturated heterocycles. The van der Waals surface area contributed by atoms with Crippen LogP contribution in [0, 0.1) is 0 Å². The van der Waals surface area contributed by atoms with Gasteiger partial charge in [-0.15, -0.1) is 11.3 Å². The normalized spacial score (nSPS) is 10.5. The van der Waals surface area contributed by atoms with E-state index in [-0.39, 0.29) is 5.91 Å². The maximum atomic E-state index is 11.9. The SMILES string of the molecule is CNCCCNC(=O)c1csc(-c2cccc(Cl)c2)n1. The molecule has 4 nitrogen and oxygen atoms in total. The monoisotopic (exact) mass is 309 g/mol. The van der Waals surface area contributed by atoms with Gasteiger partial charge in [0.05, 0.1) is 0 Å². The van der Waals surface area contributed by atoms with Crippen molar-refractivity contribution in [1.82, 2.24) is 15.6 Å². The van der Waals surface area contributed by atoms with Crippen molar-refractivity contribution in [3.8, 4) is 10.6 Å². The molecule has 1 aromatic heterocycles. The summed E-state index contributed by atoms with van der Waals surface area (Å²) in [6, 6.07) is 7.46. The van der Waals surface area contributed by atoms with E-state index in [1.54, 1.807) is 5.38 Å². The molecule has 0 aliphatic heterocycles. The summed E-state index contributed by atoms with van der Waals surface area (Å²) < 4.78 is 0. The molecule has 2 N–H and O–H groups in total. The maximum Gasteiger partial charge on any atom is 0.270 e. The first kappa shape index (κ1) is 15.0. The molecule has 106 valence electrons. The average molecular weight is 310 g/mol. The molecule has 0 saturated carbocycles. The van der Waals surface area contributed by atoms with E-state index in [0.29, 0.717) is 17.3 Å². The summed E-state index contributed by atoms with van der Waals surface area (Å²) in [4.78, 5) is 16.3. The Morgan fingerprint density at radius 1 is 1.40 bits per heavy atom. The highest BCUT2D eigenvalue weighted by molar-refractivity contribution is 7.13. The molecular formula is C14H16ClN3OS. The third kappa shape index (κ3) is 4.03. The van der Waals surface area contributed by atoms with Crippen LogP contribution in [0.25, 0.3) is 10.6 Å². The highest BCUT2D eigenvalue weighted by atomic mass is 35.5. The first-order valence-corrected chi connectivity index (χ1v) is 7.60. The van der Waals surface area contributed by atoms with E-state index >= 15 is 0 Å². The van der Waals surface area contributed by atoms with Gasteiger partial charge in [0.2, 0.25) is 0 Å². The second-order valence-electron chi connectivity index (χ2n) is 4.26. The number of carbonyl (C=O) groups excluding carboxylic acids is 1. The molecule has 0 spiro atoms. The van der Waals surface area contributed by atoms with E-state index in [4.69, 9.17) is 11.6 Å². The van der Waals surface area contributed by atoms with E-state index in [1.165, 1.54) is 11.3 Å². The van der Waals surface area contributed by atoms with E-state index in [1.807, 2.05) is 31.3 Å². The number of nitrogens with one attached hydrogen (secondary N) is 2. The van der Waals surface area contributed by atoms with Crippen LogP contribution in [0.15, 0.2) is 29.6 Å².